The highest BCUT2D eigenvalue weighted by atomic mass is 16.6. The summed E-state index contributed by atoms with van der Waals surface area (Å²) in [5.74, 6) is -0.977. The Morgan fingerprint density at radius 2 is 0.519 bits per heavy atom. The molecule has 0 amide bonds. The Balaban J connectivity index is 4.45. The molecule has 6 heteroatoms. The van der Waals surface area contributed by atoms with Crippen molar-refractivity contribution in [3.63, 3.8) is 0 Å². The Bertz CT molecular complexity index is 1650. The third-order valence-electron chi connectivity index (χ3n) is 13.1. The van der Waals surface area contributed by atoms with Crippen LogP contribution in [0.1, 0.15) is 278 Å². The van der Waals surface area contributed by atoms with Crippen molar-refractivity contribution < 1.29 is 28.6 Å². The van der Waals surface area contributed by atoms with Crippen LogP contribution in [0.15, 0.2) is 134 Å². The van der Waals surface area contributed by atoms with Crippen LogP contribution in [-0.4, -0.2) is 37.2 Å². The predicted octanol–water partition coefficient (Wildman–Crippen LogP) is 21.8. The highest BCUT2D eigenvalue weighted by Crippen LogP contribution is 2.15. The van der Waals surface area contributed by atoms with Crippen molar-refractivity contribution in [3.05, 3.63) is 134 Å². The van der Waals surface area contributed by atoms with Gasteiger partial charge in [-0.25, -0.2) is 0 Å². The van der Waals surface area contributed by atoms with Crippen LogP contribution in [0.25, 0.3) is 0 Å². The van der Waals surface area contributed by atoms with Crippen LogP contribution in [0.2, 0.25) is 0 Å². The first kappa shape index (κ1) is 72.5. The molecular formula is C71H116O6. The van der Waals surface area contributed by atoms with Crippen LogP contribution in [0.3, 0.4) is 0 Å². The number of esters is 3. The molecule has 0 N–H and O–H groups in total. The first-order valence-corrected chi connectivity index (χ1v) is 31.7. The van der Waals surface area contributed by atoms with Crippen LogP contribution in [0.5, 0.6) is 0 Å². The minimum Gasteiger partial charge on any atom is -0.462 e. The van der Waals surface area contributed by atoms with E-state index >= 15 is 0 Å². The maximum absolute atomic E-state index is 12.9. The lowest BCUT2D eigenvalue weighted by molar-refractivity contribution is -0.167. The highest BCUT2D eigenvalue weighted by Gasteiger charge is 2.19. The van der Waals surface area contributed by atoms with Crippen molar-refractivity contribution in [1.29, 1.82) is 0 Å². The molecule has 436 valence electrons. The molecule has 0 aromatic heterocycles. The molecule has 0 aliphatic carbocycles. The largest absolute Gasteiger partial charge is 0.462 e. The molecule has 0 aromatic carbocycles. The standard InChI is InChI=1S/C71H116O6/c1-4-7-10-13-16-19-22-25-28-29-30-31-32-33-34-35-36-37-38-39-40-41-44-46-49-52-55-58-61-64-70(73)76-67-68(77-71(74)65-62-59-56-53-50-47-43-27-24-21-18-15-12-9-6-3)66-75-69(72)63-60-57-54-51-48-45-42-26-23-20-17-14-11-8-5-2/h7,10,16,18-19,21,25,27-28,30-31,33-34,36-37,39-40,43-44,46,52,55,68H,4-6,8-9,11-15,17,20,22-24,26,29,32,35,38,41-42,45,47-51,53-54,56-67H2,1-3H3/b10-7-,19-16-,21-18-,28-25-,31-30-,34-33-,37-36-,40-39-,43-27-,46-44-,55-52-. The summed E-state index contributed by atoms with van der Waals surface area (Å²) in [6, 6.07) is 0. The van der Waals surface area contributed by atoms with Gasteiger partial charge in [-0.1, -0.05) is 276 Å². The van der Waals surface area contributed by atoms with Gasteiger partial charge in [0.25, 0.3) is 0 Å². The third kappa shape index (κ3) is 62.3. The highest BCUT2D eigenvalue weighted by molar-refractivity contribution is 5.71. The summed E-state index contributed by atoms with van der Waals surface area (Å²) in [6.07, 6.45) is 90.3. The van der Waals surface area contributed by atoms with Gasteiger partial charge in [0.15, 0.2) is 6.10 Å². The van der Waals surface area contributed by atoms with Crippen LogP contribution >= 0.6 is 0 Å². The Morgan fingerprint density at radius 1 is 0.273 bits per heavy atom. The van der Waals surface area contributed by atoms with Gasteiger partial charge in [-0.3, -0.25) is 14.4 Å². The fourth-order valence-electron chi connectivity index (χ4n) is 8.42. The van der Waals surface area contributed by atoms with E-state index in [1.54, 1.807) is 0 Å². The van der Waals surface area contributed by atoms with Crippen LogP contribution in [0, 0.1) is 0 Å². The molecule has 0 radical (unpaired) electrons. The summed E-state index contributed by atoms with van der Waals surface area (Å²) in [7, 11) is 0. The van der Waals surface area contributed by atoms with Gasteiger partial charge in [0.1, 0.15) is 13.2 Å². The van der Waals surface area contributed by atoms with Gasteiger partial charge in [0, 0.05) is 19.3 Å². The van der Waals surface area contributed by atoms with Crippen molar-refractivity contribution in [1.82, 2.24) is 0 Å². The van der Waals surface area contributed by atoms with Gasteiger partial charge in [0.05, 0.1) is 0 Å². The van der Waals surface area contributed by atoms with E-state index in [1.165, 1.54) is 103 Å². The molecule has 1 unspecified atom stereocenters. The number of allylic oxidation sites excluding steroid dienone is 22. The molecule has 1 atom stereocenters. The zero-order valence-corrected chi connectivity index (χ0v) is 49.9. The average molecular weight is 1070 g/mol. The molecule has 0 aliphatic rings. The number of carbonyl (C=O) groups is 3. The maximum Gasteiger partial charge on any atom is 0.306 e. The van der Waals surface area contributed by atoms with E-state index in [-0.39, 0.29) is 37.5 Å². The normalized spacial score (nSPS) is 13.0. The molecule has 0 aliphatic heterocycles. The second-order valence-electron chi connectivity index (χ2n) is 20.6. The minimum atomic E-state index is -0.812. The van der Waals surface area contributed by atoms with E-state index in [2.05, 4.69) is 154 Å². The summed E-state index contributed by atoms with van der Waals surface area (Å²) in [5.41, 5.74) is 0. The molecule has 6 nitrogen and oxygen atoms in total. The summed E-state index contributed by atoms with van der Waals surface area (Å²) in [4.78, 5) is 38.2. The van der Waals surface area contributed by atoms with Crippen molar-refractivity contribution in [3.8, 4) is 0 Å². The average Bonchev–Trinajstić information content (AvgIpc) is 3.43. The molecular weight excluding hydrogens is 949 g/mol. The second-order valence-corrected chi connectivity index (χ2v) is 20.6. The lowest BCUT2D eigenvalue weighted by Crippen LogP contribution is -2.30. The van der Waals surface area contributed by atoms with Gasteiger partial charge >= 0.3 is 17.9 Å². The first-order valence-electron chi connectivity index (χ1n) is 31.7. The van der Waals surface area contributed by atoms with E-state index in [9.17, 15) is 14.4 Å². The number of hydrogen-bond acceptors (Lipinski definition) is 6. The maximum atomic E-state index is 12.9. The van der Waals surface area contributed by atoms with Crippen molar-refractivity contribution in [2.45, 2.75) is 284 Å². The molecule has 0 heterocycles. The molecule has 0 fully saturated rings. The lowest BCUT2D eigenvalue weighted by atomic mass is 10.0. The first-order chi connectivity index (χ1) is 38.0. The lowest BCUT2D eigenvalue weighted by Gasteiger charge is -2.18. The van der Waals surface area contributed by atoms with Crippen molar-refractivity contribution in [2.24, 2.45) is 0 Å². The van der Waals surface area contributed by atoms with E-state index in [0.29, 0.717) is 19.3 Å². The Labute approximate surface area is 475 Å². The van der Waals surface area contributed by atoms with E-state index in [4.69, 9.17) is 14.2 Å². The van der Waals surface area contributed by atoms with Crippen LogP contribution in [-0.2, 0) is 28.6 Å². The zero-order valence-electron chi connectivity index (χ0n) is 49.9. The smallest absolute Gasteiger partial charge is 0.306 e. The van der Waals surface area contributed by atoms with Crippen molar-refractivity contribution in [2.75, 3.05) is 13.2 Å². The van der Waals surface area contributed by atoms with E-state index < -0.39 is 6.10 Å². The summed E-state index contributed by atoms with van der Waals surface area (Å²) in [6.45, 7) is 6.45. The number of carbonyl (C=O) groups excluding carboxylic acids is 3. The quantitative estimate of drug-likeness (QED) is 0.0261. The number of rotatable bonds is 56. The summed E-state index contributed by atoms with van der Waals surface area (Å²) in [5, 5.41) is 0. The molecule has 0 spiro atoms. The van der Waals surface area contributed by atoms with Gasteiger partial charge in [-0.2, -0.15) is 0 Å². The number of unbranched alkanes of at least 4 members (excludes halogenated alkanes) is 23. The molecule has 0 bridgehead atoms. The fourth-order valence-corrected chi connectivity index (χ4v) is 8.42. The van der Waals surface area contributed by atoms with Gasteiger partial charge in [-0.15, -0.1) is 0 Å². The SMILES string of the molecule is CC/C=C\C/C=C\C/C=C\C/C=C\C/C=C\C/C=C\C/C=C\C/C=C\C/C=C\CCCC(=O)OCC(COC(=O)CCCCCCCCCCCCCCCCC)OC(=O)CCCCCCC/C=C\C/C=C\CCCCC. The van der Waals surface area contributed by atoms with Gasteiger partial charge in [0.2, 0.25) is 0 Å². The zero-order chi connectivity index (χ0) is 55.7. The summed E-state index contributed by atoms with van der Waals surface area (Å²) >= 11 is 0. The van der Waals surface area contributed by atoms with Crippen LogP contribution < -0.4 is 0 Å². The third-order valence-corrected chi connectivity index (χ3v) is 13.1. The minimum absolute atomic E-state index is 0.103. The Morgan fingerprint density at radius 3 is 0.870 bits per heavy atom. The number of hydrogen-bond donors (Lipinski definition) is 0. The second kappa shape index (κ2) is 64.1. The van der Waals surface area contributed by atoms with E-state index in [0.717, 1.165) is 128 Å². The predicted molar refractivity (Wildman–Crippen MR) is 334 cm³/mol. The summed E-state index contributed by atoms with van der Waals surface area (Å²) < 4.78 is 16.8. The molecule has 0 rings (SSSR count). The monoisotopic (exact) mass is 1060 g/mol. The molecule has 77 heavy (non-hydrogen) atoms. The molecule has 0 aromatic rings. The van der Waals surface area contributed by atoms with Gasteiger partial charge in [-0.05, 0) is 116 Å². The molecule has 0 saturated carbocycles. The Kier molecular flexibility index (Phi) is 60.4. The van der Waals surface area contributed by atoms with Crippen LogP contribution in [0.4, 0.5) is 0 Å². The van der Waals surface area contributed by atoms with Crippen molar-refractivity contribution >= 4 is 17.9 Å². The number of ether oxygens (including phenoxy) is 3. The fraction of sp³-hybridized carbons (Fsp3) is 0.648. The molecule has 0 saturated heterocycles. The Hall–Kier alpha value is -4.45. The van der Waals surface area contributed by atoms with E-state index in [1.807, 2.05) is 0 Å². The van der Waals surface area contributed by atoms with Gasteiger partial charge < -0.3 is 14.2 Å². The topological polar surface area (TPSA) is 78.9 Å².